The van der Waals surface area contributed by atoms with Gasteiger partial charge in [0, 0.05) is 19.7 Å². The summed E-state index contributed by atoms with van der Waals surface area (Å²) in [5.41, 5.74) is 2.56. The molecule has 128 valence electrons. The minimum Gasteiger partial charge on any atom is -0.380 e. The molecule has 2 aromatic rings. The Labute approximate surface area is 146 Å². The zero-order valence-electron chi connectivity index (χ0n) is 15.3. The Balaban J connectivity index is 2.31. The van der Waals surface area contributed by atoms with Crippen molar-refractivity contribution < 1.29 is 4.74 Å². The van der Waals surface area contributed by atoms with Gasteiger partial charge in [0.25, 0.3) is 0 Å². The van der Waals surface area contributed by atoms with Crippen molar-refractivity contribution in [3.63, 3.8) is 0 Å². The predicted molar refractivity (Wildman–Crippen MR) is 100 cm³/mol. The summed E-state index contributed by atoms with van der Waals surface area (Å²) in [4.78, 5) is 2.53. The molecule has 1 fully saturated rings. The van der Waals surface area contributed by atoms with Gasteiger partial charge < -0.3 is 9.64 Å². The van der Waals surface area contributed by atoms with Gasteiger partial charge in [-0.25, -0.2) is 0 Å². The number of piperidine rings is 1. The number of likely N-dealkylation sites (N-methyl/N-ethyl adjacent to an activating group) is 1. The highest BCUT2D eigenvalue weighted by atomic mass is 16.5. The quantitative estimate of drug-likeness (QED) is 0.829. The molecule has 2 heteroatoms. The first kappa shape index (κ1) is 17.2. The molecule has 24 heavy (non-hydrogen) atoms. The first-order valence-corrected chi connectivity index (χ1v) is 9.00. The number of methoxy groups -OCH3 is 1. The molecule has 1 saturated heterocycles. The Bertz CT molecular complexity index is 582. The smallest absolute Gasteiger partial charge is 0.0761 e. The van der Waals surface area contributed by atoms with Crippen molar-refractivity contribution in [1.82, 2.24) is 4.90 Å². The minimum atomic E-state index is -0.154. The van der Waals surface area contributed by atoms with Crippen LogP contribution in [0.5, 0.6) is 0 Å². The minimum absolute atomic E-state index is 0.154. The molecule has 3 atom stereocenters. The van der Waals surface area contributed by atoms with Crippen LogP contribution >= 0.6 is 0 Å². The van der Waals surface area contributed by atoms with Crippen LogP contribution in [0.15, 0.2) is 60.7 Å². The van der Waals surface area contributed by atoms with Gasteiger partial charge in [-0.3, -0.25) is 0 Å². The van der Waals surface area contributed by atoms with E-state index in [9.17, 15) is 0 Å². The summed E-state index contributed by atoms with van der Waals surface area (Å²) in [6, 6.07) is 22.3. The van der Waals surface area contributed by atoms with Crippen LogP contribution in [-0.2, 0) is 10.2 Å². The third-order valence-corrected chi connectivity index (χ3v) is 5.74. The summed E-state index contributed by atoms with van der Waals surface area (Å²) in [5.74, 6) is 0.461. The molecule has 0 radical (unpaired) electrons. The second-order valence-electron chi connectivity index (χ2n) is 7.10. The average Bonchev–Trinajstić information content (AvgIpc) is 2.62. The van der Waals surface area contributed by atoms with Crippen LogP contribution in [0.2, 0.25) is 0 Å². The van der Waals surface area contributed by atoms with Crippen LogP contribution in [0.4, 0.5) is 0 Å². The van der Waals surface area contributed by atoms with Crippen molar-refractivity contribution in [2.75, 3.05) is 20.7 Å². The fourth-order valence-corrected chi connectivity index (χ4v) is 5.02. The summed E-state index contributed by atoms with van der Waals surface area (Å²) < 4.78 is 6.18. The van der Waals surface area contributed by atoms with E-state index in [1.165, 1.54) is 11.1 Å². The maximum atomic E-state index is 6.18. The van der Waals surface area contributed by atoms with Crippen molar-refractivity contribution in [2.45, 2.75) is 37.8 Å². The molecule has 0 bridgehead atoms. The fraction of sp³-hybridized carbons (Fsp3) is 0.455. The lowest BCUT2D eigenvalue weighted by atomic mass is 9.59. The van der Waals surface area contributed by atoms with E-state index in [0.29, 0.717) is 12.0 Å². The lowest BCUT2D eigenvalue weighted by molar-refractivity contribution is -0.0726. The van der Waals surface area contributed by atoms with E-state index in [1.54, 1.807) is 0 Å². The summed E-state index contributed by atoms with van der Waals surface area (Å²) in [6.07, 6.45) is 1.25. The van der Waals surface area contributed by atoms with E-state index < -0.39 is 0 Å². The Morgan fingerprint density at radius 2 is 1.50 bits per heavy atom. The van der Waals surface area contributed by atoms with E-state index in [4.69, 9.17) is 4.74 Å². The molecule has 0 amide bonds. The summed E-state index contributed by atoms with van der Waals surface area (Å²) in [5, 5.41) is 0. The molecule has 1 aliphatic heterocycles. The molecule has 0 saturated carbocycles. The topological polar surface area (TPSA) is 12.5 Å². The van der Waals surface area contributed by atoms with Crippen molar-refractivity contribution in [1.29, 1.82) is 0 Å². The molecular formula is C22H29NO. The van der Waals surface area contributed by atoms with E-state index >= 15 is 0 Å². The maximum Gasteiger partial charge on any atom is 0.0761 e. The molecule has 0 aliphatic carbocycles. The molecule has 3 rings (SSSR count). The Hall–Kier alpha value is -1.64. The second kappa shape index (κ2) is 7.08. The van der Waals surface area contributed by atoms with Gasteiger partial charge in [-0.15, -0.1) is 0 Å². The largest absolute Gasteiger partial charge is 0.380 e. The van der Waals surface area contributed by atoms with Crippen LogP contribution in [0.25, 0.3) is 0 Å². The molecule has 2 nitrogen and oxygen atoms in total. The zero-order valence-corrected chi connectivity index (χ0v) is 15.3. The molecule has 1 heterocycles. The fourth-order valence-electron chi connectivity index (χ4n) is 5.02. The molecule has 0 N–H and O–H groups in total. The highest BCUT2D eigenvalue weighted by Gasteiger charge is 2.54. The monoisotopic (exact) mass is 323 g/mol. The van der Waals surface area contributed by atoms with Gasteiger partial charge in [0.2, 0.25) is 0 Å². The van der Waals surface area contributed by atoms with Gasteiger partial charge in [0.05, 0.1) is 11.5 Å². The molecule has 1 aliphatic rings. The molecule has 2 aromatic carbocycles. The molecular weight excluding hydrogens is 294 g/mol. The number of likely N-dealkylation sites (tertiary alicyclic amines) is 1. The number of nitrogens with zero attached hydrogens (tertiary/aromatic N) is 1. The van der Waals surface area contributed by atoms with Gasteiger partial charge in [-0.05, 0) is 30.5 Å². The number of rotatable bonds is 4. The first-order chi connectivity index (χ1) is 11.7. The lowest BCUT2D eigenvalue weighted by Crippen LogP contribution is -2.64. The van der Waals surface area contributed by atoms with Crippen molar-refractivity contribution >= 4 is 0 Å². The Kier molecular flexibility index (Phi) is 5.07. The second-order valence-corrected chi connectivity index (χ2v) is 7.10. The summed E-state index contributed by atoms with van der Waals surface area (Å²) in [7, 11) is 4.14. The van der Waals surface area contributed by atoms with E-state index in [1.807, 2.05) is 7.11 Å². The number of benzene rings is 2. The van der Waals surface area contributed by atoms with Crippen molar-refractivity contribution in [2.24, 2.45) is 5.92 Å². The van der Waals surface area contributed by atoms with Crippen LogP contribution < -0.4 is 0 Å². The van der Waals surface area contributed by atoms with E-state index in [0.717, 1.165) is 13.0 Å². The Morgan fingerprint density at radius 3 is 1.92 bits per heavy atom. The van der Waals surface area contributed by atoms with Gasteiger partial charge >= 0.3 is 0 Å². The van der Waals surface area contributed by atoms with Gasteiger partial charge in [-0.1, -0.05) is 74.5 Å². The summed E-state index contributed by atoms with van der Waals surface area (Å²) in [6.45, 7) is 5.68. The van der Waals surface area contributed by atoms with Crippen LogP contribution in [0, 0.1) is 5.92 Å². The standard InChI is InChI=1S/C22H29NO/c1-5-20-22(18-12-8-6-9-13-18,19-14-10-7-11-15-19)21(24-4)17(2)16-23(20)3/h6-15,17,20-21H,5,16H2,1-4H3. The highest BCUT2D eigenvalue weighted by molar-refractivity contribution is 5.44. The molecule has 0 aromatic heterocycles. The van der Waals surface area contributed by atoms with Crippen molar-refractivity contribution in [3.8, 4) is 0 Å². The zero-order chi connectivity index (χ0) is 17.2. The van der Waals surface area contributed by atoms with Gasteiger partial charge in [0.1, 0.15) is 0 Å². The van der Waals surface area contributed by atoms with Gasteiger partial charge in [0.15, 0.2) is 0 Å². The molecule has 0 spiro atoms. The third-order valence-electron chi connectivity index (χ3n) is 5.74. The van der Waals surface area contributed by atoms with E-state index in [-0.39, 0.29) is 11.5 Å². The van der Waals surface area contributed by atoms with Gasteiger partial charge in [-0.2, -0.15) is 0 Å². The maximum absolute atomic E-state index is 6.18. The first-order valence-electron chi connectivity index (χ1n) is 9.00. The average molecular weight is 323 g/mol. The lowest BCUT2D eigenvalue weighted by Gasteiger charge is -2.56. The van der Waals surface area contributed by atoms with Crippen LogP contribution in [0.1, 0.15) is 31.4 Å². The Morgan fingerprint density at radius 1 is 1.00 bits per heavy atom. The number of ether oxygens (including phenoxy) is 1. The number of hydrogen-bond acceptors (Lipinski definition) is 2. The van der Waals surface area contributed by atoms with Crippen molar-refractivity contribution in [3.05, 3.63) is 71.8 Å². The van der Waals surface area contributed by atoms with Crippen LogP contribution in [0.3, 0.4) is 0 Å². The normalized spacial score (nSPS) is 27.1. The molecule has 3 unspecified atom stereocenters. The number of hydrogen-bond donors (Lipinski definition) is 0. The van der Waals surface area contributed by atoms with Crippen LogP contribution in [-0.4, -0.2) is 37.7 Å². The third kappa shape index (κ3) is 2.58. The highest BCUT2D eigenvalue weighted by Crippen LogP contribution is 2.48. The SMILES string of the molecule is CCC1N(C)CC(C)C(OC)C1(c1ccccc1)c1ccccc1. The predicted octanol–water partition coefficient (Wildman–Crippen LogP) is 4.35. The summed E-state index contributed by atoms with van der Waals surface area (Å²) >= 11 is 0. The van der Waals surface area contributed by atoms with E-state index in [2.05, 4.69) is 86.5 Å².